The summed E-state index contributed by atoms with van der Waals surface area (Å²) in [5.41, 5.74) is 5.07. The molecule has 1 aromatic heterocycles. The van der Waals surface area contributed by atoms with Crippen LogP contribution in [0.5, 0.6) is 11.5 Å². The summed E-state index contributed by atoms with van der Waals surface area (Å²) in [6.45, 7) is 1.85. The van der Waals surface area contributed by atoms with Crippen LogP contribution in [0.25, 0.3) is 10.9 Å². The molecule has 3 aromatic rings. The fourth-order valence-corrected chi connectivity index (χ4v) is 3.96. The summed E-state index contributed by atoms with van der Waals surface area (Å²) >= 11 is 0. The van der Waals surface area contributed by atoms with E-state index in [1.165, 1.54) is 10.9 Å². The summed E-state index contributed by atoms with van der Waals surface area (Å²) in [4.78, 5) is 16.2. The van der Waals surface area contributed by atoms with Gasteiger partial charge >= 0.3 is 0 Å². The standard InChI is InChI=1S/C21H20N2O3/c24-21(22-8-5-14-12-23-17-4-2-1-3-15(14)17)19-16-7-10-25-18(16)11-13-6-9-26-20(13)19/h1-4,11-12,23H,5-10H2,(H,22,24). The smallest absolute Gasteiger partial charge is 0.255 e. The van der Waals surface area contributed by atoms with Gasteiger partial charge < -0.3 is 19.8 Å². The third-order valence-corrected chi connectivity index (χ3v) is 5.23. The van der Waals surface area contributed by atoms with Gasteiger partial charge in [0.25, 0.3) is 5.91 Å². The van der Waals surface area contributed by atoms with Crippen molar-refractivity contribution >= 4 is 16.8 Å². The van der Waals surface area contributed by atoms with Gasteiger partial charge in [0.05, 0.1) is 18.8 Å². The lowest BCUT2D eigenvalue weighted by Gasteiger charge is -2.13. The highest BCUT2D eigenvalue weighted by atomic mass is 16.5. The molecular formula is C21H20N2O3. The van der Waals surface area contributed by atoms with Crippen molar-refractivity contribution in [2.24, 2.45) is 0 Å². The second-order valence-electron chi connectivity index (χ2n) is 6.78. The van der Waals surface area contributed by atoms with Crippen molar-refractivity contribution in [2.75, 3.05) is 19.8 Å². The third-order valence-electron chi connectivity index (χ3n) is 5.23. The molecule has 5 heteroatoms. The number of amides is 1. The number of aromatic amines is 1. The monoisotopic (exact) mass is 348 g/mol. The van der Waals surface area contributed by atoms with E-state index in [0.29, 0.717) is 25.3 Å². The number of nitrogens with one attached hydrogen (secondary N) is 2. The maximum atomic E-state index is 12.9. The minimum absolute atomic E-state index is 0.0645. The Morgan fingerprint density at radius 1 is 1.15 bits per heavy atom. The molecule has 132 valence electrons. The summed E-state index contributed by atoms with van der Waals surface area (Å²) < 4.78 is 11.5. The number of hydrogen-bond acceptors (Lipinski definition) is 3. The normalized spacial score (nSPS) is 14.6. The summed E-state index contributed by atoms with van der Waals surface area (Å²) in [5, 5.41) is 4.28. The van der Waals surface area contributed by atoms with E-state index in [1.807, 2.05) is 24.4 Å². The molecule has 0 radical (unpaired) electrons. The van der Waals surface area contributed by atoms with Crippen molar-refractivity contribution in [2.45, 2.75) is 19.3 Å². The van der Waals surface area contributed by atoms with E-state index < -0.39 is 0 Å². The van der Waals surface area contributed by atoms with Crippen LogP contribution in [0.15, 0.2) is 36.5 Å². The second-order valence-corrected chi connectivity index (χ2v) is 6.78. The average molecular weight is 348 g/mol. The molecule has 2 N–H and O–H groups in total. The predicted molar refractivity (Wildman–Crippen MR) is 99.2 cm³/mol. The number of H-pyrrole nitrogens is 1. The Kier molecular flexibility index (Phi) is 3.59. The molecule has 0 saturated heterocycles. The summed E-state index contributed by atoms with van der Waals surface area (Å²) in [6.07, 6.45) is 4.40. The first-order valence-electron chi connectivity index (χ1n) is 9.09. The maximum absolute atomic E-state index is 12.9. The van der Waals surface area contributed by atoms with Gasteiger partial charge in [0, 0.05) is 47.6 Å². The fourth-order valence-electron chi connectivity index (χ4n) is 3.96. The Morgan fingerprint density at radius 3 is 3.00 bits per heavy atom. The minimum atomic E-state index is -0.0645. The van der Waals surface area contributed by atoms with E-state index in [4.69, 9.17) is 9.47 Å². The third kappa shape index (κ3) is 2.43. The molecule has 0 saturated carbocycles. The van der Waals surface area contributed by atoms with Crippen LogP contribution in [0.1, 0.15) is 27.0 Å². The van der Waals surface area contributed by atoms with Crippen molar-refractivity contribution < 1.29 is 14.3 Å². The van der Waals surface area contributed by atoms with Crippen molar-refractivity contribution in [1.82, 2.24) is 10.3 Å². The second kappa shape index (κ2) is 6.09. The van der Waals surface area contributed by atoms with Gasteiger partial charge in [0.2, 0.25) is 0 Å². The number of carbonyl (C=O) groups is 1. The molecule has 1 amide bonds. The van der Waals surface area contributed by atoms with Crippen LogP contribution in [0.4, 0.5) is 0 Å². The number of para-hydroxylation sites is 1. The van der Waals surface area contributed by atoms with E-state index in [2.05, 4.69) is 22.4 Å². The molecule has 3 heterocycles. The Morgan fingerprint density at radius 2 is 2.04 bits per heavy atom. The van der Waals surface area contributed by atoms with Gasteiger partial charge in [-0.25, -0.2) is 0 Å². The van der Waals surface area contributed by atoms with Crippen molar-refractivity contribution in [3.63, 3.8) is 0 Å². The lowest BCUT2D eigenvalue weighted by Crippen LogP contribution is -2.27. The van der Waals surface area contributed by atoms with Crippen LogP contribution >= 0.6 is 0 Å². The van der Waals surface area contributed by atoms with Gasteiger partial charge in [-0.2, -0.15) is 0 Å². The first kappa shape index (κ1) is 15.3. The van der Waals surface area contributed by atoms with Gasteiger partial charge in [0.15, 0.2) is 0 Å². The van der Waals surface area contributed by atoms with Crippen LogP contribution in [-0.4, -0.2) is 30.6 Å². The molecule has 5 nitrogen and oxygen atoms in total. The summed E-state index contributed by atoms with van der Waals surface area (Å²) in [6, 6.07) is 10.2. The maximum Gasteiger partial charge on any atom is 0.255 e. The number of benzene rings is 2. The zero-order valence-corrected chi connectivity index (χ0v) is 14.4. The van der Waals surface area contributed by atoms with Gasteiger partial charge in [-0.05, 0) is 24.1 Å². The molecule has 0 atom stereocenters. The Labute approximate surface area is 151 Å². The molecule has 5 rings (SSSR count). The molecule has 26 heavy (non-hydrogen) atoms. The molecule has 0 unspecified atom stereocenters. The first-order chi connectivity index (χ1) is 12.8. The van der Waals surface area contributed by atoms with E-state index in [1.54, 1.807) is 0 Å². The van der Waals surface area contributed by atoms with E-state index in [0.717, 1.165) is 47.4 Å². The molecule has 0 spiro atoms. The van der Waals surface area contributed by atoms with Gasteiger partial charge in [-0.1, -0.05) is 18.2 Å². The molecule has 0 bridgehead atoms. The first-order valence-corrected chi connectivity index (χ1v) is 9.09. The van der Waals surface area contributed by atoms with E-state index in [-0.39, 0.29) is 5.91 Å². The highest BCUT2D eigenvalue weighted by Crippen LogP contribution is 2.40. The molecular weight excluding hydrogens is 328 g/mol. The number of carbonyl (C=O) groups excluding carboxylic acids is 1. The highest BCUT2D eigenvalue weighted by molar-refractivity contribution is 6.00. The van der Waals surface area contributed by atoms with E-state index >= 15 is 0 Å². The summed E-state index contributed by atoms with van der Waals surface area (Å²) in [7, 11) is 0. The quantitative estimate of drug-likeness (QED) is 0.762. The molecule has 0 aliphatic carbocycles. The van der Waals surface area contributed by atoms with Gasteiger partial charge in [-0.3, -0.25) is 4.79 Å². The Bertz CT molecular complexity index is 974. The van der Waals surface area contributed by atoms with Crippen LogP contribution < -0.4 is 14.8 Å². The highest BCUT2D eigenvalue weighted by Gasteiger charge is 2.30. The SMILES string of the molecule is O=C(NCCc1c[nH]c2ccccc12)c1c2c(cc3c1OCC3)OCC2. The lowest BCUT2D eigenvalue weighted by atomic mass is 9.99. The molecule has 2 aromatic carbocycles. The van der Waals surface area contributed by atoms with Crippen LogP contribution in [0.3, 0.4) is 0 Å². The lowest BCUT2D eigenvalue weighted by molar-refractivity contribution is 0.0950. The van der Waals surface area contributed by atoms with Crippen LogP contribution in [0.2, 0.25) is 0 Å². The Hall–Kier alpha value is -2.95. The Balaban J connectivity index is 1.35. The fraction of sp³-hybridized carbons (Fsp3) is 0.286. The zero-order chi connectivity index (χ0) is 17.5. The predicted octanol–water partition coefficient (Wildman–Crippen LogP) is 3.01. The van der Waals surface area contributed by atoms with Crippen molar-refractivity contribution in [3.8, 4) is 11.5 Å². The van der Waals surface area contributed by atoms with Crippen LogP contribution in [-0.2, 0) is 19.3 Å². The van der Waals surface area contributed by atoms with Crippen LogP contribution in [0, 0.1) is 0 Å². The van der Waals surface area contributed by atoms with Crippen molar-refractivity contribution in [1.29, 1.82) is 0 Å². The zero-order valence-electron chi connectivity index (χ0n) is 14.4. The number of aromatic nitrogens is 1. The topological polar surface area (TPSA) is 63.4 Å². The number of fused-ring (bicyclic) bond motifs is 3. The molecule has 2 aliphatic rings. The molecule has 2 aliphatic heterocycles. The van der Waals surface area contributed by atoms with Gasteiger partial charge in [-0.15, -0.1) is 0 Å². The average Bonchev–Trinajstić information content (AvgIpc) is 3.38. The number of hydrogen-bond donors (Lipinski definition) is 2. The van der Waals surface area contributed by atoms with Crippen molar-refractivity contribution in [3.05, 3.63) is 58.8 Å². The minimum Gasteiger partial charge on any atom is -0.493 e. The van der Waals surface area contributed by atoms with E-state index in [9.17, 15) is 4.79 Å². The number of ether oxygens (including phenoxy) is 2. The molecule has 0 fully saturated rings. The number of rotatable bonds is 4. The van der Waals surface area contributed by atoms with Gasteiger partial charge in [0.1, 0.15) is 11.5 Å². The largest absolute Gasteiger partial charge is 0.493 e. The summed E-state index contributed by atoms with van der Waals surface area (Å²) in [5.74, 6) is 1.53.